The van der Waals surface area contributed by atoms with Crippen LogP contribution in [-0.4, -0.2) is 19.2 Å². The highest BCUT2D eigenvalue weighted by molar-refractivity contribution is 9.10. The second-order valence-corrected chi connectivity index (χ2v) is 5.64. The van der Waals surface area contributed by atoms with Gasteiger partial charge in [0.25, 0.3) is 0 Å². The molecule has 0 fully saturated rings. The molecule has 0 aliphatic rings. The van der Waals surface area contributed by atoms with Crippen LogP contribution in [-0.2, 0) is 6.54 Å². The molecule has 0 saturated heterocycles. The molecule has 0 bridgehead atoms. The number of anilines is 1. The van der Waals surface area contributed by atoms with Gasteiger partial charge in [0.15, 0.2) is 11.5 Å². The Hall–Kier alpha value is -1.75. The van der Waals surface area contributed by atoms with Crippen molar-refractivity contribution in [3.8, 4) is 11.5 Å². The molecule has 21 heavy (non-hydrogen) atoms. The summed E-state index contributed by atoms with van der Waals surface area (Å²) in [4.78, 5) is 4.37. The van der Waals surface area contributed by atoms with Gasteiger partial charge in [-0.05, 0) is 47.0 Å². The van der Waals surface area contributed by atoms with Gasteiger partial charge in [-0.2, -0.15) is 0 Å². The molecule has 112 valence electrons. The van der Waals surface area contributed by atoms with Crippen LogP contribution in [0.2, 0.25) is 0 Å². The van der Waals surface area contributed by atoms with Crippen molar-refractivity contribution in [2.75, 3.05) is 19.5 Å². The molecule has 1 aromatic carbocycles. The van der Waals surface area contributed by atoms with Crippen molar-refractivity contribution in [1.29, 1.82) is 0 Å². The number of hydrogen-bond acceptors (Lipinski definition) is 4. The van der Waals surface area contributed by atoms with Gasteiger partial charge in [-0.1, -0.05) is 6.07 Å². The second kappa shape index (κ2) is 6.80. The molecule has 1 aromatic heterocycles. The summed E-state index contributed by atoms with van der Waals surface area (Å²) in [5, 5.41) is 3.41. The van der Waals surface area contributed by atoms with Crippen LogP contribution in [0.3, 0.4) is 0 Å². The van der Waals surface area contributed by atoms with Crippen LogP contribution in [0, 0.1) is 13.8 Å². The van der Waals surface area contributed by atoms with E-state index in [2.05, 4.69) is 52.2 Å². The average Bonchev–Trinajstić information content (AvgIpc) is 2.45. The first kappa shape index (κ1) is 15.6. The fraction of sp³-hybridized carbons (Fsp3) is 0.312. The number of ether oxygens (including phenoxy) is 2. The summed E-state index contributed by atoms with van der Waals surface area (Å²) in [6.07, 6.45) is 1.72. The van der Waals surface area contributed by atoms with Gasteiger partial charge in [0.2, 0.25) is 0 Å². The molecule has 0 spiro atoms. The number of pyridine rings is 1. The summed E-state index contributed by atoms with van der Waals surface area (Å²) < 4.78 is 11.7. The standard InChI is InChI=1S/C16H19BrN2O2/c1-10-7-11(2)15(12(17)8-10)19-9-13-16(21-4)14(20-3)5-6-18-13/h5-8,19H,9H2,1-4H3. The SMILES string of the molecule is COc1ccnc(CNc2c(C)cc(C)cc2Br)c1OC. The number of methoxy groups -OCH3 is 2. The van der Waals surface area contributed by atoms with Gasteiger partial charge in [0.1, 0.15) is 5.69 Å². The molecule has 0 radical (unpaired) electrons. The third kappa shape index (κ3) is 3.47. The lowest BCUT2D eigenvalue weighted by molar-refractivity contribution is 0.350. The first-order valence-electron chi connectivity index (χ1n) is 6.63. The second-order valence-electron chi connectivity index (χ2n) is 4.79. The number of nitrogens with zero attached hydrogens (tertiary/aromatic N) is 1. The maximum Gasteiger partial charge on any atom is 0.184 e. The van der Waals surface area contributed by atoms with Gasteiger partial charge in [-0.25, -0.2) is 0 Å². The summed E-state index contributed by atoms with van der Waals surface area (Å²) in [7, 11) is 3.24. The number of benzene rings is 1. The number of rotatable bonds is 5. The zero-order valence-corrected chi connectivity index (χ0v) is 14.2. The first-order valence-corrected chi connectivity index (χ1v) is 7.42. The molecule has 0 saturated carbocycles. The molecule has 0 unspecified atom stereocenters. The first-order chi connectivity index (χ1) is 10.1. The van der Waals surface area contributed by atoms with Crippen LogP contribution in [0.4, 0.5) is 5.69 Å². The number of hydrogen-bond donors (Lipinski definition) is 1. The Balaban J connectivity index is 2.25. The summed E-state index contributed by atoms with van der Waals surface area (Å²) >= 11 is 3.60. The Morgan fingerprint density at radius 2 is 1.95 bits per heavy atom. The Morgan fingerprint density at radius 3 is 2.57 bits per heavy atom. The van der Waals surface area contributed by atoms with Crippen molar-refractivity contribution in [2.24, 2.45) is 0 Å². The Kier molecular flexibility index (Phi) is 5.07. The Labute approximate surface area is 133 Å². The molecule has 0 aliphatic heterocycles. The normalized spacial score (nSPS) is 10.3. The van der Waals surface area contributed by atoms with Crippen LogP contribution in [0.5, 0.6) is 11.5 Å². The van der Waals surface area contributed by atoms with Crippen LogP contribution in [0.25, 0.3) is 0 Å². The average molecular weight is 351 g/mol. The molecule has 4 nitrogen and oxygen atoms in total. The van der Waals surface area contributed by atoms with E-state index < -0.39 is 0 Å². The van der Waals surface area contributed by atoms with Gasteiger partial charge in [-0.3, -0.25) is 4.98 Å². The van der Waals surface area contributed by atoms with Gasteiger partial charge < -0.3 is 14.8 Å². The van der Waals surface area contributed by atoms with E-state index in [1.807, 2.05) is 0 Å². The van der Waals surface area contributed by atoms with Crippen molar-refractivity contribution >= 4 is 21.6 Å². The van der Waals surface area contributed by atoms with Gasteiger partial charge in [0.05, 0.1) is 26.5 Å². The lowest BCUT2D eigenvalue weighted by atomic mass is 10.1. The van der Waals surface area contributed by atoms with Crippen LogP contribution < -0.4 is 14.8 Å². The lowest BCUT2D eigenvalue weighted by Gasteiger charge is -2.15. The van der Waals surface area contributed by atoms with E-state index in [1.54, 1.807) is 26.5 Å². The zero-order valence-electron chi connectivity index (χ0n) is 12.7. The summed E-state index contributed by atoms with van der Waals surface area (Å²) in [6, 6.07) is 6.02. The molecular formula is C16H19BrN2O2. The van der Waals surface area contributed by atoms with E-state index in [-0.39, 0.29) is 0 Å². The summed E-state index contributed by atoms with van der Waals surface area (Å²) in [5.74, 6) is 1.34. The van der Waals surface area contributed by atoms with Crippen LogP contribution in [0.1, 0.15) is 16.8 Å². The lowest BCUT2D eigenvalue weighted by Crippen LogP contribution is -2.06. The molecule has 2 rings (SSSR count). The molecule has 1 heterocycles. The van der Waals surface area contributed by atoms with Crippen LogP contribution >= 0.6 is 15.9 Å². The topological polar surface area (TPSA) is 43.4 Å². The molecule has 0 amide bonds. The van der Waals surface area contributed by atoms with Gasteiger partial charge >= 0.3 is 0 Å². The Morgan fingerprint density at radius 1 is 1.19 bits per heavy atom. The third-order valence-electron chi connectivity index (χ3n) is 3.23. The van der Waals surface area contributed by atoms with E-state index in [0.717, 1.165) is 15.9 Å². The van der Waals surface area contributed by atoms with Crippen molar-refractivity contribution in [3.05, 3.63) is 45.7 Å². The monoisotopic (exact) mass is 350 g/mol. The van der Waals surface area contributed by atoms with Crippen molar-refractivity contribution in [3.63, 3.8) is 0 Å². The molecule has 1 N–H and O–H groups in total. The highest BCUT2D eigenvalue weighted by atomic mass is 79.9. The smallest absolute Gasteiger partial charge is 0.184 e. The van der Waals surface area contributed by atoms with Crippen LogP contribution in [0.15, 0.2) is 28.9 Å². The molecular weight excluding hydrogens is 332 g/mol. The molecule has 2 aromatic rings. The van der Waals surface area contributed by atoms with E-state index in [0.29, 0.717) is 18.0 Å². The zero-order chi connectivity index (χ0) is 15.4. The molecule has 0 atom stereocenters. The molecule has 0 aliphatic carbocycles. The molecule has 5 heteroatoms. The number of aryl methyl sites for hydroxylation is 2. The van der Waals surface area contributed by atoms with Crippen molar-refractivity contribution in [1.82, 2.24) is 4.98 Å². The van der Waals surface area contributed by atoms with E-state index in [9.17, 15) is 0 Å². The van der Waals surface area contributed by atoms with E-state index in [4.69, 9.17) is 9.47 Å². The predicted molar refractivity (Wildman–Crippen MR) is 88.3 cm³/mol. The van der Waals surface area contributed by atoms with Gasteiger partial charge in [-0.15, -0.1) is 0 Å². The van der Waals surface area contributed by atoms with E-state index >= 15 is 0 Å². The maximum atomic E-state index is 5.40. The minimum atomic E-state index is 0.558. The summed E-state index contributed by atoms with van der Waals surface area (Å²) in [6.45, 7) is 4.72. The summed E-state index contributed by atoms with van der Waals surface area (Å²) in [5.41, 5.74) is 4.28. The largest absolute Gasteiger partial charge is 0.493 e. The third-order valence-corrected chi connectivity index (χ3v) is 3.86. The number of aromatic nitrogens is 1. The minimum Gasteiger partial charge on any atom is -0.493 e. The maximum absolute atomic E-state index is 5.40. The Bertz CT molecular complexity index is 621. The van der Waals surface area contributed by atoms with Gasteiger partial charge in [0, 0.05) is 16.7 Å². The van der Waals surface area contributed by atoms with Crippen molar-refractivity contribution < 1.29 is 9.47 Å². The fourth-order valence-corrected chi connectivity index (χ4v) is 3.10. The van der Waals surface area contributed by atoms with Crippen molar-refractivity contribution in [2.45, 2.75) is 20.4 Å². The highest BCUT2D eigenvalue weighted by Gasteiger charge is 2.12. The minimum absolute atomic E-state index is 0.558. The quantitative estimate of drug-likeness (QED) is 0.881. The fourth-order valence-electron chi connectivity index (χ4n) is 2.29. The highest BCUT2D eigenvalue weighted by Crippen LogP contribution is 2.31. The predicted octanol–water partition coefficient (Wildman–Crippen LogP) is 4.09. The number of nitrogens with one attached hydrogen (secondary N) is 1. The van der Waals surface area contributed by atoms with E-state index in [1.165, 1.54) is 11.1 Å². The number of halogens is 1.